The topological polar surface area (TPSA) is 66.8 Å². The largest absolute Gasteiger partial charge is 0.481 e. The fourth-order valence-electron chi connectivity index (χ4n) is 1.70. The van der Waals surface area contributed by atoms with Crippen LogP contribution in [0.4, 0.5) is 0 Å². The van der Waals surface area contributed by atoms with Crippen LogP contribution in [-0.4, -0.2) is 36.2 Å². The van der Waals surface area contributed by atoms with Crippen molar-refractivity contribution >= 4 is 11.9 Å². The number of carbonyl (C=O) groups is 2. The van der Waals surface area contributed by atoms with E-state index in [-0.39, 0.29) is 24.2 Å². The number of amides is 1. The van der Waals surface area contributed by atoms with Crippen LogP contribution in [0.3, 0.4) is 0 Å². The number of carbonyl (C=O) groups excluding carboxylic acids is 1. The van der Waals surface area contributed by atoms with E-state index in [4.69, 9.17) is 9.94 Å². The van der Waals surface area contributed by atoms with Crippen molar-refractivity contribution in [2.75, 3.05) is 14.2 Å². The summed E-state index contributed by atoms with van der Waals surface area (Å²) in [5, 5.41) is 9.71. The maximum Gasteiger partial charge on any atom is 0.303 e. The van der Waals surface area contributed by atoms with Crippen LogP contribution < -0.4 is 0 Å². The molecule has 0 bridgehead atoms. The van der Waals surface area contributed by atoms with E-state index in [1.165, 1.54) is 12.2 Å². The van der Waals surface area contributed by atoms with Crippen LogP contribution in [0.1, 0.15) is 19.3 Å². The standard InChI is InChI=1S/C9H15NO4/c1-10(14-2)9(13)7-3-6(4-7)5-8(11)12/h6-7H,3-5H2,1-2H3,(H,11,12)/t6-,7+. The number of hydrogen-bond donors (Lipinski definition) is 1. The van der Waals surface area contributed by atoms with Crippen molar-refractivity contribution in [3.05, 3.63) is 0 Å². The zero-order valence-electron chi connectivity index (χ0n) is 8.40. The number of hydrogen-bond acceptors (Lipinski definition) is 3. The van der Waals surface area contributed by atoms with Crippen molar-refractivity contribution in [3.8, 4) is 0 Å². The molecular formula is C9H15NO4. The number of rotatable bonds is 4. The Bertz CT molecular complexity index is 235. The summed E-state index contributed by atoms with van der Waals surface area (Å²) in [5.41, 5.74) is 0. The van der Waals surface area contributed by atoms with Gasteiger partial charge in [-0.25, -0.2) is 5.06 Å². The van der Waals surface area contributed by atoms with Crippen LogP contribution >= 0.6 is 0 Å². The van der Waals surface area contributed by atoms with Crippen LogP contribution in [0.5, 0.6) is 0 Å². The predicted octanol–water partition coefficient (Wildman–Crippen LogP) is 0.507. The number of carboxylic acids is 1. The van der Waals surface area contributed by atoms with E-state index < -0.39 is 5.97 Å². The van der Waals surface area contributed by atoms with Crippen molar-refractivity contribution in [2.45, 2.75) is 19.3 Å². The fraction of sp³-hybridized carbons (Fsp3) is 0.778. The molecule has 5 heteroatoms. The van der Waals surface area contributed by atoms with E-state index in [9.17, 15) is 9.59 Å². The van der Waals surface area contributed by atoms with Crippen molar-refractivity contribution in [1.82, 2.24) is 5.06 Å². The summed E-state index contributed by atoms with van der Waals surface area (Å²) >= 11 is 0. The zero-order chi connectivity index (χ0) is 10.7. The van der Waals surface area contributed by atoms with Gasteiger partial charge in [0.2, 0.25) is 5.91 Å². The molecule has 0 radical (unpaired) electrons. The van der Waals surface area contributed by atoms with Gasteiger partial charge in [0.15, 0.2) is 0 Å². The van der Waals surface area contributed by atoms with E-state index in [1.807, 2.05) is 0 Å². The van der Waals surface area contributed by atoms with Crippen molar-refractivity contribution < 1.29 is 19.5 Å². The molecule has 0 aliphatic heterocycles. The SMILES string of the molecule is CON(C)C(=O)[C@H]1C[C@@H](CC(=O)O)C1. The molecule has 14 heavy (non-hydrogen) atoms. The molecule has 1 saturated carbocycles. The zero-order valence-corrected chi connectivity index (χ0v) is 8.40. The molecule has 0 heterocycles. The quantitative estimate of drug-likeness (QED) is 0.673. The molecular weight excluding hydrogens is 186 g/mol. The molecule has 0 atom stereocenters. The highest BCUT2D eigenvalue weighted by Gasteiger charge is 2.37. The van der Waals surface area contributed by atoms with Gasteiger partial charge in [-0.05, 0) is 18.8 Å². The molecule has 0 saturated heterocycles. The molecule has 0 aromatic heterocycles. The van der Waals surface area contributed by atoms with E-state index in [0.717, 1.165) is 0 Å². The Labute approximate surface area is 82.6 Å². The van der Waals surface area contributed by atoms with Gasteiger partial charge in [-0.3, -0.25) is 14.4 Å². The Balaban J connectivity index is 2.27. The molecule has 0 unspecified atom stereocenters. The number of carboxylic acid groups (broad SMARTS) is 1. The Morgan fingerprint density at radius 2 is 2.07 bits per heavy atom. The summed E-state index contributed by atoms with van der Waals surface area (Å²) in [6, 6.07) is 0. The maximum atomic E-state index is 11.4. The van der Waals surface area contributed by atoms with Gasteiger partial charge in [0.05, 0.1) is 7.11 Å². The molecule has 1 aliphatic carbocycles. The van der Waals surface area contributed by atoms with Gasteiger partial charge < -0.3 is 5.11 Å². The molecule has 1 amide bonds. The summed E-state index contributed by atoms with van der Waals surface area (Å²) in [6.07, 6.45) is 1.50. The maximum absolute atomic E-state index is 11.4. The molecule has 1 rings (SSSR count). The first-order valence-electron chi connectivity index (χ1n) is 4.58. The highest BCUT2D eigenvalue weighted by Crippen LogP contribution is 2.37. The molecule has 1 fully saturated rings. The van der Waals surface area contributed by atoms with Crippen LogP contribution in [0, 0.1) is 11.8 Å². The lowest BCUT2D eigenvalue weighted by Crippen LogP contribution is -2.39. The van der Waals surface area contributed by atoms with Crippen LogP contribution in [-0.2, 0) is 14.4 Å². The molecule has 0 aromatic carbocycles. The summed E-state index contributed by atoms with van der Waals surface area (Å²) < 4.78 is 0. The van der Waals surface area contributed by atoms with Gasteiger partial charge in [-0.15, -0.1) is 0 Å². The van der Waals surface area contributed by atoms with Gasteiger partial charge in [0, 0.05) is 19.4 Å². The predicted molar refractivity (Wildman–Crippen MR) is 48.2 cm³/mol. The average molecular weight is 201 g/mol. The monoisotopic (exact) mass is 201 g/mol. The van der Waals surface area contributed by atoms with Gasteiger partial charge in [-0.1, -0.05) is 0 Å². The third-order valence-corrected chi connectivity index (χ3v) is 2.63. The molecule has 80 valence electrons. The molecule has 1 aliphatic rings. The van der Waals surface area contributed by atoms with Crippen LogP contribution in [0.2, 0.25) is 0 Å². The molecule has 0 spiro atoms. The summed E-state index contributed by atoms with van der Waals surface area (Å²) in [6.45, 7) is 0. The Hall–Kier alpha value is -1.10. The lowest BCUT2D eigenvalue weighted by Gasteiger charge is -2.34. The van der Waals surface area contributed by atoms with Crippen molar-refractivity contribution in [1.29, 1.82) is 0 Å². The van der Waals surface area contributed by atoms with Gasteiger partial charge in [-0.2, -0.15) is 0 Å². The summed E-state index contributed by atoms with van der Waals surface area (Å²) in [4.78, 5) is 26.5. The lowest BCUT2D eigenvalue weighted by molar-refractivity contribution is -0.178. The van der Waals surface area contributed by atoms with Gasteiger partial charge in [0.25, 0.3) is 0 Å². The van der Waals surface area contributed by atoms with Crippen molar-refractivity contribution in [2.24, 2.45) is 11.8 Å². The smallest absolute Gasteiger partial charge is 0.303 e. The van der Waals surface area contributed by atoms with E-state index in [2.05, 4.69) is 0 Å². The second-order valence-electron chi connectivity index (χ2n) is 3.65. The third-order valence-electron chi connectivity index (χ3n) is 2.63. The van der Waals surface area contributed by atoms with Gasteiger partial charge >= 0.3 is 5.97 Å². The molecule has 1 N–H and O–H groups in total. The molecule has 0 aromatic rings. The first-order chi connectivity index (χ1) is 6.54. The highest BCUT2D eigenvalue weighted by molar-refractivity contribution is 5.79. The van der Waals surface area contributed by atoms with Crippen LogP contribution in [0.25, 0.3) is 0 Å². The van der Waals surface area contributed by atoms with E-state index in [0.29, 0.717) is 12.8 Å². The van der Waals surface area contributed by atoms with Crippen LogP contribution in [0.15, 0.2) is 0 Å². The summed E-state index contributed by atoms with van der Waals surface area (Å²) in [5.74, 6) is -0.744. The lowest BCUT2D eigenvalue weighted by atomic mass is 9.73. The van der Waals surface area contributed by atoms with E-state index in [1.54, 1.807) is 7.05 Å². The second kappa shape index (κ2) is 4.41. The van der Waals surface area contributed by atoms with Crippen molar-refractivity contribution in [3.63, 3.8) is 0 Å². The van der Waals surface area contributed by atoms with E-state index >= 15 is 0 Å². The second-order valence-corrected chi connectivity index (χ2v) is 3.65. The fourth-order valence-corrected chi connectivity index (χ4v) is 1.70. The van der Waals surface area contributed by atoms with Gasteiger partial charge in [0.1, 0.15) is 0 Å². The highest BCUT2D eigenvalue weighted by atomic mass is 16.7. The normalized spacial score (nSPS) is 25.3. The Kier molecular flexibility index (Phi) is 3.46. The number of hydroxylamine groups is 2. The minimum Gasteiger partial charge on any atom is -0.481 e. The Morgan fingerprint density at radius 3 is 2.50 bits per heavy atom. The summed E-state index contributed by atoms with van der Waals surface area (Å²) in [7, 11) is 3.00. The molecule has 5 nitrogen and oxygen atoms in total. The first-order valence-corrected chi connectivity index (χ1v) is 4.58. The minimum atomic E-state index is -0.791. The Morgan fingerprint density at radius 1 is 1.50 bits per heavy atom. The first kappa shape index (κ1) is 11.0. The average Bonchev–Trinajstić information content (AvgIpc) is 2.07. The number of aliphatic carboxylic acids is 1. The number of nitrogens with zero attached hydrogens (tertiary/aromatic N) is 1. The third kappa shape index (κ3) is 2.45. The minimum absolute atomic E-state index is 0.0516.